The van der Waals surface area contributed by atoms with E-state index in [0.717, 1.165) is 6.07 Å². The molecule has 2 saturated carbocycles. The van der Waals surface area contributed by atoms with E-state index in [9.17, 15) is 49.6 Å². The fraction of sp³-hybridized carbons (Fsp3) is 0.481. The highest BCUT2D eigenvalue weighted by Crippen LogP contribution is 2.59. The molecule has 3 fully saturated rings. The molecule has 3 aliphatic rings. The topological polar surface area (TPSA) is 120 Å². The zero-order valence-electron chi connectivity index (χ0n) is 22.0. The second-order valence-corrected chi connectivity index (χ2v) is 13.2. The number of amides is 2. The summed E-state index contributed by atoms with van der Waals surface area (Å²) in [5.41, 5.74) is -4.66. The van der Waals surface area contributed by atoms with Crippen LogP contribution in [0.2, 0.25) is 0 Å². The number of nitrogens with one attached hydrogen (secondary N) is 1. The van der Waals surface area contributed by atoms with Crippen LogP contribution in [0.15, 0.2) is 41.4 Å². The maximum atomic E-state index is 14.2. The molecule has 1 aliphatic heterocycles. The van der Waals surface area contributed by atoms with Crippen molar-refractivity contribution in [2.75, 3.05) is 6.54 Å². The van der Waals surface area contributed by atoms with Crippen molar-refractivity contribution >= 4 is 21.7 Å². The van der Waals surface area contributed by atoms with Gasteiger partial charge in [-0.25, -0.2) is 8.42 Å². The Kier molecular flexibility index (Phi) is 6.87. The Morgan fingerprint density at radius 1 is 1.05 bits per heavy atom. The van der Waals surface area contributed by atoms with Crippen molar-refractivity contribution in [3.63, 3.8) is 0 Å². The maximum absolute atomic E-state index is 14.2. The highest BCUT2D eigenvalue weighted by Gasteiger charge is 2.70. The summed E-state index contributed by atoms with van der Waals surface area (Å²) in [5.74, 6) is -2.54. The first-order chi connectivity index (χ1) is 19.4. The summed E-state index contributed by atoms with van der Waals surface area (Å²) >= 11 is 0. The van der Waals surface area contributed by atoms with E-state index in [-0.39, 0.29) is 18.4 Å². The SMILES string of the molecule is Cc1cc(-c2ccc(S(=O)(=O)[C@@H]3C[C@@H](C(=O)NC4(C#N)CC4)N(C(=O)C4(C(F)(F)F)CC4)C3)c(C(F)(F)F)c2)ccn1. The zero-order valence-corrected chi connectivity index (χ0v) is 22.8. The number of carbonyl (C=O) groups is 2. The Hall–Kier alpha value is -3.67. The largest absolute Gasteiger partial charge is 0.417 e. The predicted molar refractivity (Wildman–Crippen MR) is 134 cm³/mol. The number of nitrogens with zero attached hydrogens (tertiary/aromatic N) is 3. The molecule has 1 N–H and O–H groups in total. The third-order valence-corrected chi connectivity index (χ3v) is 10.3. The Morgan fingerprint density at radius 2 is 1.69 bits per heavy atom. The van der Waals surface area contributed by atoms with E-state index in [2.05, 4.69) is 10.3 Å². The third kappa shape index (κ3) is 5.10. The van der Waals surface area contributed by atoms with E-state index in [0.29, 0.717) is 22.2 Å². The van der Waals surface area contributed by atoms with Crippen molar-refractivity contribution in [2.45, 2.75) is 73.1 Å². The number of aromatic nitrogens is 1. The number of likely N-dealkylation sites (tertiary alicyclic amines) is 1. The minimum atomic E-state index is -5.13. The molecule has 2 aliphatic carbocycles. The molecule has 2 heterocycles. The molecule has 15 heteroatoms. The maximum Gasteiger partial charge on any atom is 0.417 e. The first kappa shape index (κ1) is 29.8. The molecule has 0 bridgehead atoms. The molecule has 2 amide bonds. The van der Waals surface area contributed by atoms with Gasteiger partial charge in [0.05, 0.1) is 21.8 Å². The van der Waals surface area contributed by atoms with Crippen molar-refractivity contribution in [2.24, 2.45) is 5.41 Å². The molecular weight excluding hydrogens is 590 g/mol. The lowest BCUT2D eigenvalue weighted by molar-refractivity contribution is -0.199. The summed E-state index contributed by atoms with van der Waals surface area (Å²) in [7, 11) is -4.94. The van der Waals surface area contributed by atoms with Crippen molar-refractivity contribution < 1.29 is 44.3 Å². The van der Waals surface area contributed by atoms with Crippen LogP contribution in [0, 0.1) is 23.7 Å². The molecule has 0 spiro atoms. The van der Waals surface area contributed by atoms with Crippen LogP contribution >= 0.6 is 0 Å². The van der Waals surface area contributed by atoms with Crippen LogP contribution < -0.4 is 5.32 Å². The van der Waals surface area contributed by atoms with Crippen molar-refractivity contribution in [1.82, 2.24) is 15.2 Å². The number of carbonyl (C=O) groups excluding carboxylic acids is 2. The zero-order chi connectivity index (χ0) is 30.9. The molecule has 8 nitrogen and oxygen atoms in total. The quantitative estimate of drug-likeness (QED) is 0.484. The van der Waals surface area contributed by atoms with Crippen molar-refractivity contribution in [3.8, 4) is 17.2 Å². The standard InChI is InChI=1S/C27H24F6N4O4S/c1-15-10-17(4-9-35-15)16-2-3-21(19(11-16)26(28,29)30)42(40,41)18-12-20(22(38)36-24(14-34)5-6-24)37(13-18)23(39)25(7-8-25)27(31,32)33/h2-4,9-11,18,20H,5-8,12-13H2,1H3,(H,36,38)/t18-,20+/m1/s1. The number of benzene rings is 1. The van der Waals surface area contributed by atoms with Gasteiger partial charge in [0.25, 0.3) is 0 Å². The Labute approximate surface area is 236 Å². The molecule has 42 heavy (non-hydrogen) atoms. The Balaban J connectivity index is 1.53. The monoisotopic (exact) mass is 614 g/mol. The molecule has 2 atom stereocenters. The van der Waals surface area contributed by atoms with Gasteiger partial charge >= 0.3 is 12.4 Å². The van der Waals surface area contributed by atoms with Crippen molar-refractivity contribution in [3.05, 3.63) is 47.8 Å². The lowest BCUT2D eigenvalue weighted by Crippen LogP contribution is -2.53. The van der Waals surface area contributed by atoms with E-state index in [1.54, 1.807) is 6.92 Å². The molecule has 5 rings (SSSR count). The summed E-state index contributed by atoms with van der Waals surface area (Å²) in [6.07, 6.45) is -10.1. The van der Waals surface area contributed by atoms with Gasteiger partial charge in [0.15, 0.2) is 9.84 Å². The van der Waals surface area contributed by atoms with Crippen molar-refractivity contribution in [1.29, 1.82) is 5.26 Å². The molecule has 0 unspecified atom stereocenters. The number of alkyl halides is 6. The van der Waals surface area contributed by atoms with Gasteiger partial charge in [-0.2, -0.15) is 31.6 Å². The first-order valence-electron chi connectivity index (χ1n) is 12.9. The van der Waals surface area contributed by atoms with Crippen LogP contribution in [-0.4, -0.2) is 59.7 Å². The number of aryl methyl sites for hydroxylation is 1. The van der Waals surface area contributed by atoms with Gasteiger partial charge in [-0.1, -0.05) is 6.07 Å². The normalized spacial score (nSPS) is 22.8. The summed E-state index contributed by atoms with van der Waals surface area (Å²) in [6.45, 7) is 0.707. The molecular formula is C27H24F6N4O4S. The fourth-order valence-corrected chi connectivity index (χ4v) is 7.20. The molecule has 1 aromatic carbocycles. The smallest absolute Gasteiger partial charge is 0.336 e. The van der Waals surface area contributed by atoms with Gasteiger partial charge in [-0.15, -0.1) is 0 Å². The molecule has 224 valence electrons. The highest BCUT2D eigenvalue weighted by molar-refractivity contribution is 7.92. The summed E-state index contributed by atoms with van der Waals surface area (Å²) in [6, 6.07) is 5.71. The summed E-state index contributed by atoms with van der Waals surface area (Å²) in [4.78, 5) is 29.7. The lowest BCUT2D eigenvalue weighted by Gasteiger charge is -2.29. The average Bonchev–Trinajstić information content (AvgIpc) is 3.83. The van der Waals surface area contributed by atoms with Crippen LogP contribution in [0.4, 0.5) is 26.3 Å². The number of rotatable bonds is 6. The number of hydrogen-bond donors (Lipinski definition) is 1. The van der Waals surface area contributed by atoms with Crippen LogP contribution in [0.3, 0.4) is 0 Å². The Bertz CT molecular complexity index is 1610. The molecule has 2 aromatic rings. The van der Waals surface area contributed by atoms with E-state index < -0.39 is 92.5 Å². The number of sulfone groups is 1. The average molecular weight is 615 g/mol. The third-order valence-electron chi connectivity index (χ3n) is 8.12. The molecule has 0 radical (unpaired) electrons. The van der Waals surface area contributed by atoms with Crippen LogP contribution in [-0.2, 0) is 25.6 Å². The van der Waals surface area contributed by atoms with Gasteiger partial charge in [0.1, 0.15) is 17.0 Å². The number of hydrogen-bond acceptors (Lipinski definition) is 6. The second kappa shape index (κ2) is 9.68. The number of halogens is 6. The first-order valence-corrected chi connectivity index (χ1v) is 14.5. The van der Waals surface area contributed by atoms with Gasteiger partial charge in [-0.3, -0.25) is 14.6 Å². The van der Waals surface area contributed by atoms with E-state index in [4.69, 9.17) is 0 Å². The van der Waals surface area contributed by atoms with Crippen LogP contribution in [0.1, 0.15) is 43.4 Å². The van der Waals surface area contributed by atoms with Gasteiger partial charge in [0.2, 0.25) is 11.8 Å². The fourth-order valence-electron chi connectivity index (χ4n) is 5.31. The number of pyridine rings is 1. The summed E-state index contributed by atoms with van der Waals surface area (Å²) < 4.78 is 111. The van der Waals surface area contributed by atoms with Gasteiger partial charge < -0.3 is 10.2 Å². The second-order valence-electron chi connectivity index (χ2n) is 11.0. The van der Waals surface area contributed by atoms with Crippen LogP contribution in [0.25, 0.3) is 11.1 Å². The van der Waals surface area contributed by atoms with Gasteiger partial charge in [-0.05, 0) is 74.4 Å². The minimum absolute atomic E-state index is 0.0549. The predicted octanol–water partition coefficient (Wildman–Crippen LogP) is 4.33. The Morgan fingerprint density at radius 3 is 2.21 bits per heavy atom. The summed E-state index contributed by atoms with van der Waals surface area (Å²) in [5, 5.41) is 9.89. The number of nitriles is 1. The lowest BCUT2D eigenvalue weighted by atomic mass is 10.0. The minimum Gasteiger partial charge on any atom is -0.336 e. The van der Waals surface area contributed by atoms with E-state index >= 15 is 0 Å². The van der Waals surface area contributed by atoms with Crippen LogP contribution in [0.5, 0.6) is 0 Å². The van der Waals surface area contributed by atoms with E-state index in [1.165, 1.54) is 24.4 Å². The van der Waals surface area contributed by atoms with E-state index in [1.807, 2.05) is 6.07 Å². The van der Waals surface area contributed by atoms with Gasteiger partial charge in [0, 0.05) is 18.4 Å². The molecule has 1 saturated heterocycles. The molecule has 1 aromatic heterocycles. The highest BCUT2D eigenvalue weighted by atomic mass is 32.2.